The van der Waals surface area contributed by atoms with Gasteiger partial charge in [0.05, 0.1) is 13.0 Å². The Labute approximate surface area is 183 Å². The summed E-state index contributed by atoms with van der Waals surface area (Å²) >= 11 is 0. The summed E-state index contributed by atoms with van der Waals surface area (Å²) in [5.41, 5.74) is 0.542. The topological polar surface area (TPSA) is 63.6 Å². The fourth-order valence-electron chi connectivity index (χ4n) is 3.59. The van der Waals surface area contributed by atoms with Gasteiger partial charge in [0.25, 0.3) is 0 Å². The van der Waals surface area contributed by atoms with E-state index in [0.29, 0.717) is 12.2 Å². The molecule has 0 amide bonds. The Morgan fingerprint density at radius 3 is 1.63 bits per heavy atom. The molecule has 0 bridgehead atoms. The van der Waals surface area contributed by atoms with Crippen LogP contribution in [0.5, 0.6) is 5.75 Å². The van der Waals surface area contributed by atoms with E-state index in [1.165, 1.54) is 83.5 Å². The van der Waals surface area contributed by atoms with Gasteiger partial charge in [-0.05, 0) is 30.7 Å². The van der Waals surface area contributed by atoms with Gasteiger partial charge in [0.2, 0.25) is 0 Å². The van der Waals surface area contributed by atoms with E-state index in [-0.39, 0.29) is 18.6 Å². The Hall–Kier alpha value is -1.84. The highest BCUT2D eigenvalue weighted by atomic mass is 16.5. The zero-order chi connectivity index (χ0) is 21.9. The molecule has 1 rings (SSSR count). The summed E-state index contributed by atoms with van der Waals surface area (Å²) in [5, 5.41) is 8.64. The van der Waals surface area contributed by atoms with Crippen molar-refractivity contribution in [3.05, 3.63) is 29.8 Å². The molecule has 0 spiro atoms. The third-order valence-electron chi connectivity index (χ3n) is 5.51. The first-order valence-corrected chi connectivity index (χ1v) is 12.1. The number of carboxylic acid groups (broad SMARTS) is 1. The summed E-state index contributed by atoms with van der Waals surface area (Å²) < 4.78 is 5.74. The van der Waals surface area contributed by atoms with E-state index in [4.69, 9.17) is 9.84 Å². The molecule has 0 atom stereocenters. The van der Waals surface area contributed by atoms with Crippen molar-refractivity contribution in [2.45, 2.75) is 110 Å². The number of ether oxygens (including phenoxy) is 1. The van der Waals surface area contributed by atoms with Crippen LogP contribution in [0, 0.1) is 0 Å². The highest BCUT2D eigenvalue weighted by Crippen LogP contribution is 2.16. The fraction of sp³-hybridized carbons (Fsp3) is 0.692. The molecule has 170 valence electrons. The van der Waals surface area contributed by atoms with Gasteiger partial charge < -0.3 is 9.84 Å². The van der Waals surface area contributed by atoms with E-state index in [9.17, 15) is 9.59 Å². The molecule has 0 heterocycles. The van der Waals surface area contributed by atoms with Crippen molar-refractivity contribution in [2.75, 3.05) is 6.61 Å². The molecule has 0 saturated heterocycles. The molecule has 0 aliphatic rings. The van der Waals surface area contributed by atoms with Crippen molar-refractivity contribution in [2.24, 2.45) is 0 Å². The van der Waals surface area contributed by atoms with Gasteiger partial charge in [-0.1, -0.05) is 90.4 Å². The normalized spacial score (nSPS) is 10.8. The molecular weight excluding hydrogens is 376 g/mol. The number of aliphatic carboxylic acids is 1. The van der Waals surface area contributed by atoms with Crippen molar-refractivity contribution in [1.82, 2.24) is 0 Å². The number of carboxylic acids is 1. The van der Waals surface area contributed by atoms with Gasteiger partial charge in [0.1, 0.15) is 5.75 Å². The molecule has 0 saturated carbocycles. The van der Waals surface area contributed by atoms with Crippen LogP contribution in [0.4, 0.5) is 0 Å². The maximum atomic E-state index is 11.9. The van der Waals surface area contributed by atoms with E-state index in [0.717, 1.165) is 12.2 Å². The van der Waals surface area contributed by atoms with Gasteiger partial charge in [-0.2, -0.15) is 0 Å². The van der Waals surface area contributed by atoms with E-state index in [1.54, 1.807) is 24.3 Å². The lowest BCUT2D eigenvalue weighted by molar-refractivity contribution is -0.136. The van der Waals surface area contributed by atoms with Crippen LogP contribution in [0.2, 0.25) is 0 Å². The van der Waals surface area contributed by atoms with Crippen molar-refractivity contribution < 1.29 is 19.4 Å². The second-order valence-corrected chi connectivity index (χ2v) is 8.29. The van der Waals surface area contributed by atoms with Crippen LogP contribution < -0.4 is 4.74 Å². The van der Waals surface area contributed by atoms with Crippen LogP contribution >= 0.6 is 0 Å². The number of carbonyl (C=O) groups is 2. The predicted octanol–water partition coefficient (Wildman–Crippen LogP) is 7.59. The first-order valence-electron chi connectivity index (χ1n) is 12.1. The average Bonchev–Trinajstić information content (AvgIpc) is 2.75. The third-order valence-corrected chi connectivity index (χ3v) is 5.51. The Bertz CT molecular complexity index is 565. The summed E-state index contributed by atoms with van der Waals surface area (Å²) in [6, 6.07) is 7.01. The lowest BCUT2D eigenvalue weighted by atomic mass is 10.0. The van der Waals surface area contributed by atoms with Crippen molar-refractivity contribution in [1.29, 1.82) is 0 Å². The molecule has 0 radical (unpaired) electrons. The van der Waals surface area contributed by atoms with E-state index >= 15 is 0 Å². The Morgan fingerprint density at radius 1 is 0.700 bits per heavy atom. The zero-order valence-corrected chi connectivity index (χ0v) is 19.0. The summed E-state index contributed by atoms with van der Waals surface area (Å²) in [5.74, 6) is -0.327. The highest BCUT2D eigenvalue weighted by Gasteiger charge is 2.08. The van der Waals surface area contributed by atoms with Gasteiger partial charge >= 0.3 is 5.97 Å². The lowest BCUT2D eigenvalue weighted by Crippen LogP contribution is -2.04. The Kier molecular flexibility index (Phi) is 15.7. The van der Waals surface area contributed by atoms with Crippen LogP contribution in [-0.2, 0) is 4.79 Å². The van der Waals surface area contributed by atoms with Crippen LogP contribution in [-0.4, -0.2) is 23.5 Å². The van der Waals surface area contributed by atoms with Crippen LogP contribution in [0.25, 0.3) is 0 Å². The minimum atomic E-state index is -0.948. The predicted molar refractivity (Wildman–Crippen MR) is 123 cm³/mol. The quantitative estimate of drug-likeness (QED) is 0.175. The molecule has 30 heavy (non-hydrogen) atoms. The van der Waals surface area contributed by atoms with Gasteiger partial charge in [0, 0.05) is 12.0 Å². The molecule has 4 nitrogen and oxygen atoms in total. The van der Waals surface area contributed by atoms with E-state index in [1.807, 2.05) is 0 Å². The Balaban J connectivity index is 1.93. The average molecular weight is 419 g/mol. The first-order chi connectivity index (χ1) is 14.6. The maximum Gasteiger partial charge on any atom is 0.303 e. The number of benzene rings is 1. The lowest BCUT2D eigenvalue weighted by Gasteiger charge is -2.07. The summed E-state index contributed by atoms with van der Waals surface area (Å²) in [6.45, 7) is 2.97. The molecule has 1 aromatic rings. The fourth-order valence-corrected chi connectivity index (χ4v) is 3.59. The molecule has 0 aliphatic carbocycles. The van der Waals surface area contributed by atoms with E-state index < -0.39 is 5.97 Å². The van der Waals surface area contributed by atoms with Crippen LogP contribution in [0.3, 0.4) is 0 Å². The molecule has 1 aromatic carbocycles. The molecule has 0 aromatic heterocycles. The first kappa shape index (κ1) is 26.2. The van der Waals surface area contributed by atoms with Gasteiger partial charge in [-0.25, -0.2) is 0 Å². The van der Waals surface area contributed by atoms with E-state index in [2.05, 4.69) is 6.92 Å². The SMILES string of the molecule is CCCCCCCCCCCCCCCCOc1ccc(C(=O)CCC(=O)O)cc1. The maximum absolute atomic E-state index is 11.9. The van der Waals surface area contributed by atoms with Crippen molar-refractivity contribution >= 4 is 11.8 Å². The van der Waals surface area contributed by atoms with Gasteiger partial charge in [0.15, 0.2) is 5.78 Å². The molecule has 0 fully saturated rings. The number of hydrogen-bond acceptors (Lipinski definition) is 3. The van der Waals surface area contributed by atoms with Gasteiger partial charge in [-0.3, -0.25) is 9.59 Å². The molecule has 0 aliphatic heterocycles. The third kappa shape index (κ3) is 14.2. The summed E-state index contributed by atoms with van der Waals surface area (Å²) in [7, 11) is 0. The van der Waals surface area contributed by atoms with Crippen molar-refractivity contribution in [3.8, 4) is 5.75 Å². The number of carbonyl (C=O) groups excluding carboxylic acids is 1. The number of hydrogen-bond donors (Lipinski definition) is 1. The second kappa shape index (κ2) is 18.0. The molecular formula is C26H42O4. The molecule has 4 heteroatoms. The minimum Gasteiger partial charge on any atom is -0.494 e. The highest BCUT2D eigenvalue weighted by molar-refractivity contribution is 5.97. The zero-order valence-electron chi connectivity index (χ0n) is 19.0. The second-order valence-electron chi connectivity index (χ2n) is 8.29. The molecule has 0 unspecified atom stereocenters. The summed E-state index contributed by atoms with van der Waals surface area (Å²) in [6.07, 6.45) is 18.7. The van der Waals surface area contributed by atoms with Gasteiger partial charge in [-0.15, -0.1) is 0 Å². The minimum absolute atomic E-state index is 0.0363. The van der Waals surface area contributed by atoms with Crippen LogP contribution in [0.1, 0.15) is 120 Å². The monoisotopic (exact) mass is 418 g/mol. The standard InChI is InChI=1S/C26H42O4/c1-2-3-4-5-6-7-8-9-10-11-12-13-14-15-22-30-24-18-16-23(17-19-24)25(27)20-21-26(28)29/h16-19H,2-15,20-22H2,1H3,(H,28,29). The Morgan fingerprint density at radius 2 is 1.17 bits per heavy atom. The largest absolute Gasteiger partial charge is 0.494 e. The molecule has 1 N–H and O–H groups in total. The number of ketones is 1. The number of rotatable bonds is 20. The number of Topliss-reactive ketones (excluding diaryl/α,β-unsaturated/α-hetero) is 1. The van der Waals surface area contributed by atoms with Crippen molar-refractivity contribution in [3.63, 3.8) is 0 Å². The summed E-state index contributed by atoms with van der Waals surface area (Å²) in [4.78, 5) is 22.4. The smallest absolute Gasteiger partial charge is 0.303 e. The number of unbranched alkanes of at least 4 members (excludes halogenated alkanes) is 13. The van der Waals surface area contributed by atoms with Crippen LogP contribution in [0.15, 0.2) is 24.3 Å².